The summed E-state index contributed by atoms with van der Waals surface area (Å²) in [6.45, 7) is 6.60. The highest BCUT2D eigenvalue weighted by molar-refractivity contribution is 7.99. The first kappa shape index (κ1) is 18.1. The van der Waals surface area contributed by atoms with Gasteiger partial charge in [0.15, 0.2) is 0 Å². The number of carbonyl (C=O) groups excluding carboxylic acids is 1. The molecule has 21 heavy (non-hydrogen) atoms. The van der Waals surface area contributed by atoms with Crippen LogP contribution in [0.15, 0.2) is 30.3 Å². The van der Waals surface area contributed by atoms with Crippen LogP contribution in [0.5, 0.6) is 0 Å². The van der Waals surface area contributed by atoms with Crippen LogP contribution >= 0.6 is 11.8 Å². The summed E-state index contributed by atoms with van der Waals surface area (Å²) in [5, 5.41) is 0. The minimum atomic E-state index is -1.04. The van der Waals surface area contributed by atoms with Gasteiger partial charge in [-0.25, -0.2) is 4.79 Å². The zero-order valence-electron chi connectivity index (χ0n) is 13.3. The number of hydrogen-bond donors (Lipinski definition) is 1. The van der Waals surface area contributed by atoms with Crippen molar-refractivity contribution in [3.05, 3.63) is 35.9 Å². The molecule has 0 heterocycles. The number of rotatable bonds is 9. The quantitative estimate of drug-likeness (QED) is 0.559. The zero-order valence-corrected chi connectivity index (χ0v) is 14.1. The van der Waals surface area contributed by atoms with Crippen LogP contribution in [0, 0.1) is 5.92 Å². The molecule has 1 unspecified atom stereocenters. The zero-order chi connectivity index (χ0) is 15.7. The van der Waals surface area contributed by atoms with Crippen molar-refractivity contribution in [1.82, 2.24) is 0 Å². The van der Waals surface area contributed by atoms with Gasteiger partial charge in [-0.1, -0.05) is 44.2 Å². The third-order valence-electron chi connectivity index (χ3n) is 3.41. The minimum absolute atomic E-state index is 0.333. The lowest BCUT2D eigenvalue weighted by atomic mass is 9.88. The van der Waals surface area contributed by atoms with Gasteiger partial charge in [0.25, 0.3) is 0 Å². The number of esters is 1. The number of carbonyl (C=O) groups is 1. The molecular formula is C17H27NO2S. The van der Waals surface area contributed by atoms with Crippen LogP contribution < -0.4 is 5.73 Å². The summed E-state index contributed by atoms with van der Waals surface area (Å²) in [5.74, 6) is 2.34. The van der Waals surface area contributed by atoms with Gasteiger partial charge in [0.1, 0.15) is 5.54 Å². The maximum Gasteiger partial charge on any atom is 0.330 e. The van der Waals surface area contributed by atoms with Gasteiger partial charge in [-0.05, 0) is 42.8 Å². The average molecular weight is 309 g/mol. The minimum Gasteiger partial charge on any atom is -0.464 e. The molecule has 0 aliphatic heterocycles. The lowest BCUT2D eigenvalue weighted by molar-refractivity contribution is -0.150. The topological polar surface area (TPSA) is 52.3 Å². The molecule has 1 rings (SSSR count). The number of hydrogen-bond acceptors (Lipinski definition) is 4. The van der Waals surface area contributed by atoms with Gasteiger partial charge in [-0.3, -0.25) is 0 Å². The summed E-state index contributed by atoms with van der Waals surface area (Å²) in [4.78, 5) is 12.3. The summed E-state index contributed by atoms with van der Waals surface area (Å²) in [5.41, 5.74) is 6.19. The molecule has 2 N–H and O–H groups in total. The summed E-state index contributed by atoms with van der Waals surface area (Å²) >= 11 is 1.85. The predicted molar refractivity (Wildman–Crippen MR) is 90.3 cm³/mol. The fraction of sp³-hybridized carbons (Fsp3) is 0.588. The molecule has 0 radical (unpaired) electrons. The Labute approximate surface area is 132 Å². The van der Waals surface area contributed by atoms with Crippen molar-refractivity contribution < 1.29 is 9.53 Å². The molecule has 1 atom stereocenters. The molecule has 118 valence electrons. The van der Waals surface area contributed by atoms with E-state index in [1.54, 1.807) is 6.92 Å². The average Bonchev–Trinajstić information content (AvgIpc) is 2.47. The van der Waals surface area contributed by atoms with Crippen LogP contribution in [-0.4, -0.2) is 24.1 Å². The van der Waals surface area contributed by atoms with Crippen molar-refractivity contribution >= 4 is 17.7 Å². The van der Waals surface area contributed by atoms with E-state index < -0.39 is 5.54 Å². The maximum absolute atomic E-state index is 12.3. The van der Waals surface area contributed by atoms with E-state index in [1.165, 1.54) is 6.42 Å². The largest absolute Gasteiger partial charge is 0.464 e. The Morgan fingerprint density at radius 2 is 1.95 bits per heavy atom. The van der Waals surface area contributed by atoms with E-state index in [2.05, 4.69) is 13.8 Å². The third kappa shape index (κ3) is 5.71. The van der Waals surface area contributed by atoms with Crippen LogP contribution in [0.1, 0.15) is 39.2 Å². The van der Waals surface area contributed by atoms with Gasteiger partial charge in [-0.15, -0.1) is 0 Å². The Morgan fingerprint density at radius 3 is 2.52 bits per heavy atom. The predicted octanol–water partition coefficient (Wildman–Crippen LogP) is 3.57. The first-order chi connectivity index (χ1) is 10.0. The van der Waals surface area contributed by atoms with Crippen LogP contribution in [-0.2, 0) is 15.1 Å². The molecular weight excluding hydrogens is 282 g/mol. The summed E-state index contributed by atoms with van der Waals surface area (Å²) < 4.78 is 5.18. The van der Waals surface area contributed by atoms with Crippen LogP contribution in [0.25, 0.3) is 0 Å². The SMILES string of the molecule is CCOC(=O)C(N)(CCSCCC(C)C)c1ccccc1. The van der Waals surface area contributed by atoms with E-state index in [-0.39, 0.29) is 5.97 Å². The second-order valence-electron chi connectivity index (χ2n) is 5.60. The van der Waals surface area contributed by atoms with Crippen LogP contribution in [0.3, 0.4) is 0 Å². The van der Waals surface area contributed by atoms with Gasteiger partial charge in [0, 0.05) is 0 Å². The number of benzene rings is 1. The highest BCUT2D eigenvalue weighted by Crippen LogP contribution is 2.26. The summed E-state index contributed by atoms with van der Waals surface area (Å²) in [6.07, 6.45) is 1.78. The van der Waals surface area contributed by atoms with Gasteiger partial charge in [0.05, 0.1) is 6.61 Å². The number of thioether (sulfide) groups is 1. The first-order valence-electron chi connectivity index (χ1n) is 7.60. The fourth-order valence-electron chi connectivity index (χ4n) is 2.01. The van der Waals surface area contributed by atoms with E-state index in [0.29, 0.717) is 18.9 Å². The van der Waals surface area contributed by atoms with Crippen LogP contribution in [0.4, 0.5) is 0 Å². The molecule has 1 aromatic rings. The normalized spacial score (nSPS) is 14.0. The molecule has 0 bridgehead atoms. The molecule has 0 fully saturated rings. The van der Waals surface area contributed by atoms with E-state index in [1.807, 2.05) is 42.1 Å². The van der Waals surface area contributed by atoms with Gasteiger partial charge in [0.2, 0.25) is 0 Å². The second-order valence-corrected chi connectivity index (χ2v) is 6.83. The lowest BCUT2D eigenvalue weighted by Crippen LogP contribution is -2.46. The Hall–Kier alpha value is -1.00. The third-order valence-corrected chi connectivity index (χ3v) is 4.43. The fourth-order valence-corrected chi connectivity index (χ4v) is 3.32. The van der Waals surface area contributed by atoms with Crippen molar-refractivity contribution in [3.63, 3.8) is 0 Å². The van der Waals surface area contributed by atoms with Gasteiger partial charge >= 0.3 is 5.97 Å². The Kier molecular flexibility index (Phi) is 7.83. The van der Waals surface area contributed by atoms with E-state index in [9.17, 15) is 4.79 Å². The Balaban J connectivity index is 2.67. The highest BCUT2D eigenvalue weighted by atomic mass is 32.2. The molecule has 1 aromatic carbocycles. The second kappa shape index (κ2) is 9.11. The van der Waals surface area contributed by atoms with Crippen molar-refractivity contribution in [2.24, 2.45) is 11.7 Å². The summed E-state index contributed by atoms with van der Waals surface area (Å²) in [6, 6.07) is 9.53. The van der Waals surface area contributed by atoms with E-state index >= 15 is 0 Å². The van der Waals surface area contributed by atoms with E-state index in [4.69, 9.17) is 10.5 Å². The molecule has 0 amide bonds. The van der Waals surface area contributed by atoms with Crippen molar-refractivity contribution in [3.8, 4) is 0 Å². The van der Waals surface area contributed by atoms with Crippen LogP contribution in [0.2, 0.25) is 0 Å². The molecule has 0 aliphatic rings. The van der Waals surface area contributed by atoms with Gasteiger partial charge < -0.3 is 10.5 Å². The lowest BCUT2D eigenvalue weighted by Gasteiger charge is -2.27. The van der Waals surface area contributed by atoms with Crippen molar-refractivity contribution in [2.75, 3.05) is 18.1 Å². The van der Waals surface area contributed by atoms with E-state index in [0.717, 1.165) is 17.1 Å². The standard InChI is InChI=1S/C17H27NO2S/c1-4-20-16(19)17(18,15-8-6-5-7-9-15)11-13-21-12-10-14(2)3/h5-9,14H,4,10-13,18H2,1-3H3. The monoisotopic (exact) mass is 309 g/mol. The molecule has 3 nitrogen and oxygen atoms in total. The highest BCUT2D eigenvalue weighted by Gasteiger charge is 2.36. The molecule has 4 heteroatoms. The number of ether oxygens (including phenoxy) is 1. The van der Waals surface area contributed by atoms with Crippen molar-refractivity contribution in [2.45, 2.75) is 39.2 Å². The molecule has 0 saturated heterocycles. The van der Waals surface area contributed by atoms with Crippen molar-refractivity contribution in [1.29, 1.82) is 0 Å². The Bertz CT molecular complexity index is 422. The van der Waals surface area contributed by atoms with Gasteiger partial charge in [-0.2, -0.15) is 11.8 Å². The molecule has 0 saturated carbocycles. The maximum atomic E-state index is 12.3. The summed E-state index contributed by atoms with van der Waals surface area (Å²) in [7, 11) is 0. The first-order valence-corrected chi connectivity index (χ1v) is 8.75. The smallest absolute Gasteiger partial charge is 0.330 e. The Morgan fingerprint density at radius 1 is 1.29 bits per heavy atom. The molecule has 0 spiro atoms. The molecule has 0 aromatic heterocycles. The number of nitrogens with two attached hydrogens (primary N) is 1. The molecule has 0 aliphatic carbocycles.